The highest BCUT2D eigenvalue weighted by Gasteiger charge is 2.26. The standard InChI is InChI=1S/C18H26N2O2/c1-14-3-2-4-17(11-14)22-13-18(21)20-9-7-16(8-10-20)19-12-15-5-6-15/h2-4,11,15-16,19H,5-10,12-13H2,1H3. The molecule has 1 aromatic rings. The molecule has 2 aliphatic rings. The summed E-state index contributed by atoms with van der Waals surface area (Å²) in [7, 11) is 0. The molecular weight excluding hydrogens is 276 g/mol. The van der Waals surface area contributed by atoms with Crippen LogP contribution < -0.4 is 10.1 Å². The van der Waals surface area contributed by atoms with E-state index in [0.717, 1.165) is 49.7 Å². The summed E-state index contributed by atoms with van der Waals surface area (Å²) in [6, 6.07) is 8.41. The van der Waals surface area contributed by atoms with Crippen LogP contribution in [0.2, 0.25) is 0 Å². The molecule has 4 nitrogen and oxygen atoms in total. The van der Waals surface area contributed by atoms with Gasteiger partial charge in [-0.05, 0) is 62.8 Å². The molecule has 1 saturated heterocycles. The van der Waals surface area contributed by atoms with Crippen molar-refractivity contribution in [3.63, 3.8) is 0 Å². The van der Waals surface area contributed by atoms with Gasteiger partial charge in [0.25, 0.3) is 5.91 Å². The van der Waals surface area contributed by atoms with E-state index in [-0.39, 0.29) is 12.5 Å². The van der Waals surface area contributed by atoms with Gasteiger partial charge in [-0.2, -0.15) is 0 Å². The van der Waals surface area contributed by atoms with Crippen LogP contribution in [0.15, 0.2) is 24.3 Å². The maximum absolute atomic E-state index is 12.2. The third kappa shape index (κ3) is 4.47. The summed E-state index contributed by atoms with van der Waals surface area (Å²) in [6.45, 7) is 5.02. The zero-order valence-corrected chi connectivity index (χ0v) is 13.4. The van der Waals surface area contributed by atoms with Gasteiger partial charge in [-0.25, -0.2) is 0 Å². The molecule has 0 spiro atoms. The van der Waals surface area contributed by atoms with Crippen molar-refractivity contribution in [3.8, 4) is 5.75 Å². The van der Waals surface area contributed by atoms with E-state index in [1.165, 1.54) is 12.8 Å². The van der Waals surface area contributed by atoms with E-state index in [0.29, 0.717) is 6.04 Å². The topological polar surface area (TPSA) is 41.6 Å². The lowest BCUT2D eigenvalue weighted by Gasteiger charge is -2.32. The summed E-state index contributed by atoms with van der Waals surface area (Å²) in [4.78, 5) is 14.2. The molecule has 0 bridgehead atoms. The maximum Gasteiger partial charge on any atom is 0.260 e. The fraction of sp³-hybridized carbons (Fsp3) is 0.611. The Morgan fingerprint density at radius 3 is 2.73 bits per heavy atom. The molecule has 0 aromatic heterocycles. The molecule has 1 heterocycles. The molecule has 1 amide bonds. The highest BCUT2D eigenvalue weighted by Crippen LogP contribution is 2.28. The largest absolute Gasteiger partial charge is 0.484 e. The lowest BCUT2D eigenvalue weighted by Crippen LogP contribution is -2.46. The minimum Gasteiger partial charge on any atom is -0.484 e. The molecule has 1 aliphatic carbocycles. The van der Waals surface area contributed by atoms with E-state index in [2.05, 4.69) is 5.32 Å². The number of carbonyl (C=O) groups is 1. The van der Waals surface area contributed by atoms with Crippen molar-refractivity contribution < 1.29 is 9.53 Å². The average Bonchev–Trinajstić information content (AvgIpc) is 3.35. The first-order chi connectivity index (χ1) is 10.7. The molecule has 3 rings (SSSR count). The predicted octanol–water partition coefficient (Wildman–Crippen LogP) is 2.36. The van der Waals surface area contributed by atoms with Gasteiger partial charge in [0.05, 0.1) is 0 Å². The predicted molar refractivity (Wildman–Crippen MR) is 87.0 cm³/mol. The molecular formula is C18H26N2O2. The number of aryl methyl sites for hydroxylation is 1. The Balaban J connectivity index is 1.37. The first-order valence-electron chi connectivity index (χ1n) is 8.41. The smallest absolute Gasteiger partial charge is 0.260 e. The van der Waals surface area contributed by atoms with Crippen LogP contribution in [-0.4, -0.2) is 43.1 Å². The number of hydrogen-bond donors (Lipinski definition) is 1. The fourth-order valence-corrected chi connectivity index (χ4v) is 2.93. The lowest BCUT2D eigenvalue weighted by atomic mass is 10.0. The quantitative estimate of drug-likeness (QED) is 0.877. The number of carbonyl (C=O) groups excluding carboxylic acids is 1. The van der Waals surface area contributed by atoms with Gasteiger partial charge >= 0.3 is 0 Å². The lowest BCUT2D eigenvalue weighted by molar-refractivity contribution is -0.134. The number of rotatable bonds is 6. The van der Waals surface area contributed by atoms with Crippen LogP contribution in [0.1, 0.15) is 31.2 Å². The first-order valence-corrected chi connectivity index (χ1v) is 8.41. The molecule has 1 aromatic carbocycles. The summed E-state index contributed by atoms with van der Waals surface area (Å²) in [5.41, 5.74) is 1.15. The molecule has 0 unspecified atom stereocenters. The highest BCUT2D eigenvalue weighted by molar-refractivity contribution is 5.77. The van der Waals surface area contributed by atoms with Crippen molar-refractivity contribution in [3.05, 3.63) is 29.8 Å². The number of hydrogen-bond acceptors (Lipinski definition) is 3. The SMILES string of the molecule is Cc1cccc(OCC(=O)N2CCC(NCC3CC3)CC2)c1. The number of ether oxygens (including phenoxy) is 1. The Morgan fingerprint density at radius 1 is 1.27 bits per heavy atom. The van der Waals surface area contributed by atoms with Crippen LogP contribution >= 0.6 is 0 Å². The van der Waals surface area contributed by atoms with E-state index >= 15 is 0 Å². The minimum atomic E-state index is 0.0992. The molecule has 1 N–H and O–H groups in total. The number of benzene rings is 1. The molecule has 1 aliphatic heterocycles. The monoisotopic (exact) mass is 302 g/mol. The fourth-order valence-electron chi connectivity index (χ4n) is 2.93. The zero-order chi connectivity index (χ0) is 15.4. The van der Waals surface area contributed by atoms with Crippen molar-refractivity contribution in [2.75, 3.05) is 26.2 Å². The number of piperidine rings is 1. The van der Waals surface area contributed by atoms with E-state index in [1.807, 2.05) is 36.1 Å². The van der Waals surface area contributed by atoms with Crippen molar-refractivity contribution in [2.45, 2.75) is 38.6 Å². The molecule has 0 atom stereocenters. The number of nitrogens with zero attached hydrogens (tertiary/aromatic N) is 1. The third-order valence-corrected chi connectivity index (χ3v) is 4.59. The van der Waals surface area contributed by atoms with Crippen LogP contribution in [0, 0.1) is 12.8 Å². The summed E-state index contributed by atoms with van der Waals surface area (Å²) in [5, 5.41) is 3.64. The zero-order valence-electron chi connectivity index (χ0n) is 13.4. The second kappa shape index (κ2) is 7.14. The van der Waals surface area contributed by atoms with Gasteiger partial charge in [0.15, 0.2) is 6.61 Å². The van der Waals surface area contributed by atoms with Crippen molar-refractivity contribution in [1.29, 1.82) is 0 Å². The van der Waals surface area contributed by atoms with Crippen molar-refractivity contribution in [1.82, 2.24) is 10.2 Å². The number of nitrogens with one attached hydrogen (secondary N) is 1. The van der Waals surface area contributed by atoms with Crippen LogP contribution in [0.5, 0.6) is 5.75 Å². The van der Waals surface area contributed by atoms with E-state index in [1.54, 1.807) is 0 Å². The van der Waals surface area contributed by atoms with Crippen molar-refractivity contribution >= 4 is 5.91 Å². The van der Waals surface area contributed by atoms with E-state index in [4.69, 9.17) is 4.74 Å². The normalized spacial score (nSPS) is 19.2. The Kier molecular flexibility index (Phi) is 4.98. The second-order valence-electron chi connectivity index (χ2n) is 6.61. The molecule has 4 heteroatoms. The second-order valence-corrected chi connectivity index (χ2v) is 6.61. The van der Waals surface area contributed by atoms with E-state index in [9.17, 15) is 4.79 Å². The molecule has 0 radical (unpaired) electrons. The molecule has 1 saturated carbocycles. The Hall–Kier alpha value is -1.55. The average molecular weight is 302 g/mol. The van der Waals surface area contributed by atoms with Gasteiger partial charge < -0.3 is 15.0 Å². The molecule has 120 valence electrons. The van der Waals surface area contributed by atoms with Gasteiger partial charge in [-0.1, -0.05) is 12.1 Å². The summed E-state index contributed by atoms with van der Waals surface area (Å²) < 4.78 is 5.61. The van der Waals surface area contributed by atoms with Gasteiger partial charge in [-0.3, -0.25) is 4.79 Å². The van der Waals surface area contributed by atoms with Gasteiger partial charge in [0.2, 0.25) is 0 Å². The summed E-state index contributed by atoms with van der Waals surface area (Å²) in [6.07, 6.45) is 4.90. The Morgan fingerprint density at radius 2 is 2.05 bits per heavy atom. The number of amides is 1. The number of likely N-dealkylation sites (tertiary alicyclic amines) is 1. The Labute approximate surface area is 132 Å². The van der Waals surface area contributed by atoms with Crippen molar-refractivity contribution in [2.24, 2.45) is 5.92 Å². The van der Waals surface area contributed by atoms with Crippen LogP contribution in [0.3, 0.4) is 0 Å². The van der Waals surface area contributed by atoms with Gasteiger partial charge in [-0.15, -0.1) is 0 Å². The third-order valence-electron chi connectivity index (χ3n) is 4.59. The van der Waals surface area contributed by atoms with Crippen LogP contribution in [0.25, 0.3) is 0 Å². The van der Waals surface area contributed by atoms with Gasteiger partial charge in [0, 0.05) is 19.1 Å². The minimum absolute atomic E-state index is 0.0992. The van der Waals surface area contributed by atoms with Gasteiger partial charge in [0.1, 0.15) is 5.75 Å². The van der Waals surface area contributed by atoms with Crippen LogP contribution in [0.4, 0.5) is 0 Å². The van der Waals surface area contributed by atoms with E-state index < -0.39 is 0 Å². The maximum atomic E-state index is 12.2. The summed E-state index contributed by atoms with van der Waals surface area (Å²) in [5.74, 6) is 1.79. The molecule has 22 heavy (non-hydrogen) atoms. The van der Waals surface area contributed by atoms with Crippen LogP contribution in [-0.2, 0) is 4.79 Å². The Bertz CT molecular complexity index is 506. The summed E-state index contributed by atoms with van der Waals surface area (Å²) >= 11 is 0. The first kappa shape index (κ1) is 15.3. The molecule has 2 fully saturated rings. The highest BCUT2D eigenvalue weighted by atomic mass is 16.5.